The van der Waals surface area contributed by atoms with Crippen molar-refractivity contribution < 1.29 is 20.1 Å². The van der Waals surface area contributed by atoms with Crippen molar-refractivity contribution in [1.82, 2.24) is 9.97 Å². The highest BCUT2D eigenvalue weighted by Gasteiger charge is 2.38. The number of carboxylic acid groups (broad SMARTS) is 1. The number of nitriles is 2. The molecule has 1 aromatic carbocycles. The molecule has 1 heterocycles. The number of anilines is 2. The molecule has 0 spiro atoms. The molecule has 49 heavy (non-hydrogen) atoms. The summed E-state index contributed by atoms with van der Waals surface area (Å²) in [7, 11) is 0. The van der Waals surface area contributed by atoms with Crippen LogP contribution in [0.1, 0.15) is 97.4 Å². The van der Waals surface area contributed by atoms with Gasteiger partial charge in [0.1, 0.15) is 5.60 Å². The zero-order valence-corrected chi connectivity index (χ0v) is 30.4. The van der Waals surface area contributed by atoms with Crippen LogP contribution in [0, 0.1) is 41.4 Å². The number of allylic oxidation sites excluding steroid dienone is 1. The van der Waals surface area contributed by atoms with E-state index in [0.29, 0.717) is 24.3 Å². The molecular formula is C38H55N7O4. The molecule has 2 aromatic rings. The Hall–Kier alpha value is -4.71. The first kappa shape index (κ1) is 42.3. The molecule has 0 saturated heterocycles. The summed E-state index contributed by atoms with van der Waals surface area (Å²) in [5.41, 5.74) is 7.97. The van der Waals surface area contributed by atoms with E-state index in [4.69, 9.17) is 16.1 Å². The van der Waals surface area contributed by atoms with Crippen LogP contribution in [0.3, 0.4) is 0 Å². The molecule has 0 bridgehead atoms. The summed E-state index contributed by atoms with van der Waals surface area (Å²) in [4.78, 5) is 24.3. The van der Waals surface area contributed by atoms with Gasteiger partial charge < -0.3 is 26.0 Å². The van der Waals surface area contributed by atoms with Crippen LogP contribution >= 0.6 is 0 Å². The minimum Gasteiger partial charge on any atom is -0.465 e. The molecule has 0 aliphatic heterocycles. The number of amides is 1. The molecule has 5 N–H and O–H groups in total. The number of benzene rings is 1. The van der Waals surface area contributed by atoms with Gasteiger partial charge in [-0.05, 0) is 103 Å². The molecular weight excluding hydrogens is 618 g/mol. The fourth-order valence-corrected chi connectivity index (χ4v) is 5.36. The van der Waals surface area contributed by atoms with Gasteiger partial charge in [-0.25, -0.2) is 15.0 Å². The lowest BCUT2D eigenvalue weighted by Crippen LogP contribution is -2.43. The number of hydrogen-bond acceptors (Lipinski definition) is 9. The van der Waals surface area contributed by atoms with Gasteiger partial charge in [-0.2, -0.15) is 5.26 Å². The van der Waals surface area contributed by atoms with Gasteiger partial charge in [-0.3, -0.25) is 9.88 Å². The van der Waals surface area contributed by atoms with Crippen LogP contribution < -0.4 is 15.5 Å². The molecule has 0 radical (unpaired) electrons. The summed E-state index contributed by atoms with van der Waals surface area (Å²) in [5, 5.41) is 45.3. The average molecular weight is 674 g/mol. The van der Waals surface area contributed by atoms with Crippen LogP contribution in [-0.4, -0.2) is 50.1 Å². The number of aryl methyl sites for hydroxylation is 1. The smallest absolute Gasteiger partial charge is 0.413 e. The fraction of sp³-hybridized carbons (Fsp3) is 0.500. The lowest BCUT2D eigenvalue weighted by atomic mass is 9.67. The molecule has 1 unspecified atom stereocenters. The van der Waals surface area contributed by atoms with Crippen LogP contribution in [0.15, 0.2) is 66.8 Å². The predicted octanol–water partition coefficient (Wildman–Crippen LogP) is 7.31. The van der Waals surface area contributed by atoms with Crippen molar-refractivity contribution in [2.24, 2.45) is 17.1 Å². The maximum Gasteiger partial charge on any atom is 0.413 e. The number of aliphatic hydroxyl groups is 2. The molecule has 2 atom stereocenters. The first-order chi connectivity index (χ1) is 22.9. The van der Waals surface area contributed by atoms with Crippen molar-refractivity contribution >= 4 is 17.6 Å². The minimum atomic E-state index is -1.16. The second-order valence-corrected chi connectivity index (χ2v) is 13.8. The van der Waals surface area contributed by atoms with Gasteiger partial charge in [-0.1, -0.05) is 44.6 Å². The Balaban J connectivity index is 0.00000105. The third-order valence-corrected chi connectivity index (χ3v) is 8.78. The normalized spacial score (nSPS) is 18.0. The van der Waals surface area contributed by atoms with E-state index in [-0.39, 0.29) is 17.2 Å². The van der Waals surface area contributed by atoms with Crippen LogP contribution in [0.5, 0.6) is 0 Å². The average Bonchev–Trinajstić information content (AvgIpc) is 3.05. The van der Waals surface area contributed by atoms with E-state index in [1.807, 2.05) is 25.1 Å². The zero-order chi connectivity index (χ0) is 37.6. The molecule has 266 valence electrons. The molecule has 1 amide bonds. The van der Waals surface area contributed by atoms with Gasteiger partial charge in [0.25, 0.3) is 0 Å². The Kier molecular flexibility index (Phi) is 16.2. The largest absolute Gasteiger partial charge is 0.465 e. The van der Waals surface area contributed by atoms with Gasteiger partial charge in [0.2, 0.25) is 0 Å². The fourth-order valence-electron chi connectivity index (χ4n) is 5.36. The van der Waals surface area contributed by atoms with Crippen molar-refractivity contribution in [2.45, 2.75) is 98.7 Å². The summed E-state index contributed by atoms with van der Waals surface area (Å²) < 4.78 is 0. The molecule has 1 aliphatic rings. The molecule has 11 nitrogen and oxygen atoms in total. The van der Waals surface area contributed by atoms with Gasteiger partial charge in [0, 0.05) is 37.0 Å². The van der Waals surface area contributed by atoms with Crippen molar-refractivity contribution in [1.29, 1.82) is 10.5 Å². The third kappa shape index (κ3) is 12.7. The monoisotopic (exact) mass is 673 g/mol. The summed E-state index contributed by atoms with van der Waals surface area (Å²) in [6, 6.07) is 7.99. The minimum absolute atomic E-state index is 0.0976. The highest BCUT2D eigenvalue weighted by Crippen LogP contribution is 2.44. The number of nitrogens with two attached hydrogens (primary N) is 1. The lowest BCUT2D eigenvalue weighted by molar-refractivity contribution is 0.0734. The Bertz CT molecular complexity index is 1510. The number of rotatable bonds is 11. The summed E-state index contributed by atoms with van der Waals surface area (Å²) in [6.45, 7) is 23.7. The zero-order valence-electron chi connectivity index (χ0n) is 30.4. The van der Waals surface area contributed by atoms with Crippen LogP contribution in [-0.2, 0) is 5.60 Å². The van der Waals surface area contributed by atoms with E-state index in [2.05, 4.69) is 60.2 Å². The molecule has 3 rings (SSSR count). The summed E-state index contributed by atoms with van der Waals surface area (Å²) >= 11 is 0. The van der Waals surface area contributed by atoms with Gasteiger partial charge in [0.15, 0.2) is 5.82 Å². The molecule has 1 aliphatic carbocycles. The van der Waals surface area contributed by atoms with Crippen LogP contribution in [0.25, 0.3) is 0 Å². The van der Waals surface area contributed by atoms with Crippen LogP contribution in [0.4, 0.5) is 16.3 Å². The quantitative estimate of drug-likeness (QED) is 0.176. The Morgan fingerprint density at radius 1 is 1.22 bits per heavy atom. The van der Waals surface area contributed by atoms with Gasteiger partial charge in [-0.15, -0.1) is 0 Å². The van der Waals surface area contributed by atoms with E-state index in [9.17, 15) is 20.3 Å². The van der Waals surface area contributed by atoms with Gasteiger partial charge >= 0.3 is 6.09 Å². The maximum absolute atomic E-state index is 12.2. The topological polar surface area (TPSA) is 184 Å². The van der Waals surface area contributed by atoms with Crippen molar-refractivity contribution in [3.05, 3.63) is 83.6 Å². The maximum atomic E-state index is 12.2. The summed E-state index contributed by atoms with van der Waals surface area (Å²) in [5.74, 6) is 0.343. The molecule has 1 fully saturated rings. The molecule has 11 heteroatoms. The third-order valence-electron chi connectivity index (χ3n) is 8.78. The Morgan fingerprint density at radius 2 is 1.88 bits per heavy atom. The predicted molar refractivity (Wildman–Crippen MR) is 195 cm³/mol. The van der Waals surface area contributed by atoms with Crippen LogP contribution in [0.2, 0.25) is 0 Å². The second kappa shape index (κ2) is 18.7. The van der Waals surface area contributed by atoms with E-state index >= 15 is 0 Å². The molecule has 1 aromatic heterocycles. The first-order valence-electron chi connectivity index (χ1n) is 16.4. The van der Waals surface area contributed by atoms with E-state index in [1.165, 1.54) is 23.5 Å². The number of hydrogen-bond donors (Lipinski definition) is 4. The standard InChI is InChI=1S/C31H41N5O3.C6H13NO.CHN/c1-7-8-9-14-35(26-15-24(17-32)12-10-22(26)2)21-31(6)16-25(13-11-23(31)3)20-36(29(37)38)28-19-33-27(18-34-28)30(4,5)39;1-5(4-7)6(2,3)8;1-2/h9-10,12,14-15,18-19,25,39H,3,7-8,11,13,16,20-21H2,1-2,4-6H3,(H,37,38);4,8H,7H2,1-3H3;1H/b14-9+;5-4+;/t25?,31-;;/m0../s1. The van der Waals surface area contributed by atoms with E-state index in [1.54, 1.807) is 34.6 Å². The highest BCUT2D eigenvalue weighted by molar-refractivity contribution is 5.84. The van der Waals surface area contributed by atoms with E-state index < -0.39 is 17.3 Å². The number of aromatic nitrogens is 2. The number of nitrogens with zero attached hydrogens (tertiary/aromatic N) is 6. The summed E-state index contributed by atoms with van der Waals surface area (Å²) in [6.07, 6.45) is 11.8. The van der Waals surface area contributed by atoms with Gasteiger partial charge in [0.05, 0.1) is 35.3 Å². The number of unbranched alkanes of at least 4 members (excludes halogenated alkanes) is 1. The van der Waals surface area contributed by atoms with Crippen molar-refractivity contribution in [3.63, 3.8) is 0 Å². The SMILES string of the molecule is C#N.C/C(=C\N)C(C)(C)O.C=C1CCC(CN(C(=O)O)c2cnc(C(C)(C)O)cn2)C[C@@]1(C)CN(/C=C/CCC)c1cc(C#N)ccc1C. The lowest BCUT2D eigenvalue weighted by Gasteiger charge is -2.44. The first-order valence-corrected chi connectivity index (χ1v) is 16.4. The Morgan fingerprint density at radius 3 is 2.35 bits per heavy atom. The van der Waals surface area contributed by atoms with E-state index in [0.717, 1.165) is 54.5 Å². The molecule has 1 saturated carbocycles. The number of carbonyl (C=O) groups is 1. The Labute approximate surface area is 292 Å². The van der Waals surface area contributed by atoms with Crippen molar-refractivity contribution in [3.8, 4) is 12.6 Å². The highest BCUT2D eigenvalue weighted by atomic mass is 16.4. The second-order valence-electron chi connectivity index (χ2n) is 13.8. The van der Waals surface area contributed by atoms with Crippen molar-refractivity contribution in [2.75, 3.05) is 22.9 Å².